The van der Waals surface area contributed by atoms with E-state index in [0.29, 0.717) is 12.0 Å². The van der Waals surface area contributed by atoms with E-state index in [9.17, 15) is 9.59 Å². The summed E-state index contributed by atoms with van der Waals surface area (Å²) in [6.45, 7) is 1.63. The Balaban J connectivity index is 1.55. The highest BCUT2D eigenvalue weighted by atomic mass is 16.8. The standard InChI is InChI=1S/C16H13NO5/c1-8-6-12(20-15(8)18)22-17-13-11-7-9-4-2-3-5-10(9)14(11)21-16(13)19/h2-6,11-12,14H,7H2,1H3/b17-13-. The van der Waals surface area contributed by atoms with Crippen molar-refractivity contribution in [3.05, 3.63) is 47.0 Å². The van der Waals surface area contributed by atoms with E-state index in [4.69, 9.17) is 14.3 Å². The molecule has 2 aliphatic heterocycles. The molecule has 4 rings (SSSR count). The first-order chi connectivity index (χ1) is 10.6. The first kappa shape index (κ1) is 13.1. The summed E-state index contributed by atoms with van der Waals surface area (Å²) < 4.78 is 10.3. The molecule has 1 aromatic rings. The van der Waals surface area contributed by atoms with Crippen LogP contribution in [-0.2, 0) is 30.3 Å². The van der Waals surface area contributed by atoms with E-state index in [1.807, 2.05) is 24.3 Å². The number of nitrogens with zero attached hydrogens (tertiary/aromatic N) is 1. The highest BCUT2D eigenvalue weighted by Gasteiger charge is 2.48. The number of cyclic esters (lactones) is 1. The maximum absolute atomic E-state index is 12.0. The van der Waals surface area contributed by atoms with E-state index in [1.54, 1.807) is 6.92 Å². The Bertz CT molecular complexity index is 736. The fourth-order valence-electron chi connectivity index (χ4n) is 3.04. The van der Waals surface area contributed by atoms with E-state index in [2.05, 4.69) is 5.16 Å². The summed E-state index contributed by atoms with van der Waals surface area (Å²) in [5.41, 5.74) is 2.88. The number of hydrogen-bond donors (Lipinski definition) is 0. The molecule has 0 spiro atoms. The second kappa shape index (κ2) is 4.69. The summed E-state index contributed by atoms with van der Waals surface area (Å²) in [5.74, 6) is -1.06. The van der Waals surface area contributed by atoms with Gasteiger partial charge < -0.3 is 14.3 Å². The number of oxime groups is 1. The molecular formula is C16H13NO5. The average molecular weight is 299 g/mol. The van der Waals surface area contributed by atoms with Gasteiger partial charge >= 0.3 is 11.9 Å². The van der Waals surface area contributed by atoms with Crippen molar-refractivity contribution in [2.24, 2.45) is 11.1 Å². The van der Waals surface area contributed by atoms with Crippen LogP contribution in [-0.4, -0.2) is 23.9 Å². The van der Waals surface area contributed by atoms with Crippen molar-refractivity contribution in [2.45, 2.75) is 25.7 Å². The van der Waals surface area contributed by atoms with Crippen LogP contribution >= 0.6 is 0 Å². The molecule has 1 fully saturated rings. The zero-order valence-corrected chi connectivity index (χ0v) is 11.8. The molecule has 3 atom stereocenters. The zero-order valence-electron chi connectivity index (χ0n) is 11.8. The van der Waals surface area contributed by atoms with Crippen LogP contribution in [0.3, 0.4) is 0 Å². The zero-order chi connectivity index (χ0) is 15.3. The molecular weight excluding hydrogens is 286 g/mol. The molecule has 3 aliphatic rings. The molecule has 0 radical (unpaired) electrons. The summed E-state index contributed by atoms with van der Waals surface area (Å²) in [6, 6.07) is 7.86. The van der Waals surface area contributed by atoms with Gasteiger partial charge in [0.05, 0.1) is 5.92 Å². The van der Waals surface area contributed by atoms with Crippen molar-refractivity contribution in [1.29, 1.82) is 0 Å². The molecule has 0 N–H and O–H groups in total. The van der Waals surface area contributed by atoms with E-state index in [-0.39, 0.29) is 17.7 Å². The number of hydrogen-bond acceptors (Lipinski definition) is 6. The monoisotopic (exact) mass is 299 g/mol. The SMILES string of the molecule is CC1=CC(O/N=C2\C(=O)OC3c4ccccc4CC23)OC1=O. The van der Waals surface area contributed by atoms with Gasteiger partial charge in [0.15, 0.2) is 5.71 Å². The van der Waals surface area contributed by atoms with Crippen LogP contribution in [0.2, 0.25) is 0 Å². The molecule has 0 bridgehead atoms. The van der Waals surface area contributed by atoms with Gasteiger partial charge in [-0.2, -0.15) is 0 Å². The number of esters is 2. The van der Waals surface area contributed by atoms with Crippen molar-refractivity contribution >= 4 is 17.7 Å². The van der Waals surface area contributed by atoms with Crippen molar-refractivity contribution in [2.75, 3.05) is 0 Å². The minimum Gasteiger partial charge on any atom is -0.452 e. The van der Waals surface area contributed by atoms with Crippen LogP contribution in [0.25, 0.3) is 0 Å². The number of benzene rings is 1. The Hall–Kier alpha value is -2.63. The minimum atomic E-state index is -0.879. The third-order valence-corrected chi connectivity index (χ3v) is 4.15. The Morgan fingerprint density at radius 1 is 1.18 bits per heavy atom. The lowest BCUT2D eigenvalue weighted by Gasteiger charge is -2.08. The molecule has 0 aromatic heterocycles. The summed E-state index contributed by atoms with van der Waals surface area (Å²) in [4.78, 5) is 28.4. The van der Waals surface area contributed by atoms with Gasteiger partial charge in [-0.05, 0) is 24.5 Å². The minimum absolute atomic E-state index is 0.146. The molecule has 6 heteroatoms. The Morgan fingerprint density at radius 3 is 2.77 bits per heavy atom. The predicted molar refractivity (Wildman–Crippen MR) is 74.6 cm³/mol. The Kier molecular flexibility index (Phi) is 2.79. The summed E-state index contributed by atoms with van der Waals surface area (Å²) in [6.07, 6.45) is 1.03. The van der Waals surface area contributed by atoms with Gasteiger partial charge in [0.1, 0.15) is 6.10 Å². The third kappa shape index (κ3) is 1.91. The lowest BCUT2D eigenvalue weighted by Crippen LogP contribution is -2.18. The van der Waals surface area contributed by atoms with Gasteiger partial charge in [-0.25, -0.2) is 9.59 Å². The molecule has 112 valence electrons. The van der Waals surface area contributed by atoms with Crippen molar-refractivity contribution in [3.63, 3.8) is 0 Å². The molecule has 0 amide bonds. The van der Waals surface area contributed by atoms with Crippen LogP contribution < -0.4 is 0 Å². The lowest BCUT2D eigenvalue weighted by atomic mass is 10.0. The van der Waals surface area contributed by atoms with Gasteiger partial charge in [-0.15, -0.1) is 0 Å². The van der Waals surface area contributed by atoms with Gasteiger partial charge in [0.2, 0.25) is 0 Å². The topological polar surface area (TPSA) is 74.2 Å². The fourth-order valence-corrected chi connectivity index (χ4v) is 3.04. The summed E-state index contributed by atoms with van der Waals surface area (Å²) in [5, 5.41) is 3.90. The number of fused-ring (bicyclic) bond motifs is 3. The van der Waals surface area contributed by atoms with Gasteiger partial charge in [0, 0.05) is 11.6 Å². The first-order valence-corrected chi connectivity index (χ1v) is 7.05. The molecule has 2 heterocycles. The van der Waals surface area contributed by atoms with Crippen LogP contribution in [0, 0.1) is 5.92 Å². The maximum atomic E-state index is 12.0. The third-order valence-electron chi connectivity index (χ3n) is 4.15. The van der Waals surface area contributed by atoms with Crippen molar-refractivity contribution < 1.29 is 23.9 Å². The van der Waals surface area contributed by atoms with Crippen LogP contribution in [0.4, 0.5) is 0 Å². The lowest BCUT2D eigenvalue weighted by molar-refractivity contribution is -0.158. The van der Waals surface area contributed by atoms with E-state index >= 15 is 0 Å². The molecule has 3 unspecified atom stereocenters. The number of carbonyl (C=O) groups excluding carboxylic acids is 2. The second-order valence-corrected chi connectivity index (χ2v) is 5.54. The smallest absolute Gasteiger partial charge is 0.357 e. The van der Waals surface area contributed by atoms with Gasteiger partial charge in [0.25, 0.3) is 6.29 Å². The quantitative estimate of drug-likeness (QED) is 0.613. The summed E-state index contributed by atoms with van der Waals surface area (Å²) >= 11 is 0. The molecule has 1 aliphatic carbocycles. The number of rotatable bonds is 2. The molecule has 6 nitrogen and oxygen atoms in total. The van der Waals surface area contributed by atoms with Crippen molar-refractivity contribution in [3.8, 4) is 0 Å². The first-order valence-electron chi connectivity index (χ1n) is 7.05. The molecule has 1 aromatic carbocycles. The van der Waals surface area contributed by atoms with Crippen LogP contribution in [0.15, 0.2) is 41.1 Å². The van der Waals surface area contributed by atoms with E-state index in [1.165, 1.54) is 6.08 Å². The predicted octanol–water partition coefficient (Wildman–Crippen LogP) is 1.66. The maximum Gasteiger partial charge on any atom is 0.357 e. The van der Waals surface area contributed by atoms with Crippen LogP contribution in [0.5, 0.6) is 0 Å². The molecule has 22 heavy (non-hydrogen) atoms. The van der Waals surface area contributed by atoms with E-state index in [0.717, 1.165) is 11.1 Å². The van der Waals surface area contributed by atoms with Gasteiger partial charge in [-0.1, -0.05) is 29.4 Å². The number of carbonyl (C=O) groups is 2. The largest absolute Gasteiger partial charge is 0.452 e. The summed E-state index contributed by atoms with van der Waals surface area (Å²) in [7, 11) is 0. The molecule has 1 saturated heterocycles. The van der Waals surface area contributed by atoms with Gasteiger partial charge in [-0.3, -0.25) is 0 Å². The van der Waals surface area contributed by atoms with Crippen molar-refractivity contribution in [1.82, 2.24) is 0 Å². The van der Waals surface area contributed by atoms with E-state index < -0.39 is 18.2 Å². The second-order valence-electron chi connectivity index (χ2n) is 5.54. The average Bonchev–Trinajstić information content (AvgIpc) is 3.10. The Labute approximate surface area is 126 Å². The fraction of sp³-hybridized carbons (Fsp3) is 0.312. The highest BCUT2D eigenvalue weighted by molar-refractivity contribution is 6.39. The highest BCUT2D eigenvalue weighted by Crippen LogP contribution is 2.43. The Morgan fingerprint density at radius 2 is 2.00 bits per heavy atom. The van der Waals surface area contributed by atoms with Crippen LogP contribution in [0.1, 0.15) is 24.2 Å². The number of ether oxygens (including phenoxy) is 2. The normalized spacial score (nSPS) is 30.7. The molecule has 0 saturated carbocycles.